The first-order valence-corrected chi connectivity index (χ1v) is 2.52. The molecule has 0 amide bonds. The molecule has 0 aliphatic rings. The summed E-state index contributed by atoms with van der Waals surface area (Å²) in [4.78, 5) is 19.3. The molecule has 4 nitrogen and oxygen atoms in total. The van der Waals surface area contributed by atoms with Crippen molar-refractivity contribution in [2.75, 3.05) is 0 Å². The van der Waals surface area contributed by atoms with E-state index in [0.717, 1.165) is 0 Å². The fourth-order valence-corrected chi connectivity index (χ4v) is 0.356. The number of aliphatic carboxylic acids is 2. The first-order chi connectivity index (χ1) is 4.04. The topological polar surface area (TPSA) is 80.3 Å². The second kappa shape index (κ2) is 3.29. The van der Waals surface area contributed by atoms with Crippen LogP contribution in [0, 0.1) is 0 Å². The second-order valence-electron chi connectivity index (χ2n) is 1.36. The van der Waals surface area contributed by atoms with E-state index in [1.807, 2.05) is 0 Å². The summed E-state index contributed by atoms with van der Waals surface area (Å²) >= 11 is 4.93. The van der Waals surface area contributed by atoms with Gasteiger partial charge in [0.1, 0.15) is 0 Å². The molecule has 0 aliphatic heterocycles. The number of halogens is 1. The fourth-order valence-electron chi connectivity index (χ4n) is 0.230. The van der Waals surface area contributed by atoms with Gasteiger partial charge in [-0.05, 0) is 0 Å². The van der Waals surface area contributed by atoms with Crippen LogP contribution in [0.4, 0.5) is 0 Å². The van der Waals surface area contributed by atoms with Gasteiger partial charge in [0.15, 0.2) is 0 Å². The van der Waals surface area contributed by atoms with Crippen LogP contribution in [0.5, 0.6) is 0 Å². The lowest BCUT2D eigenvalue weighted by Gasteiger charge is -2.09. The summed E-state index contributed by atoms with van der Waals surface area (Å²) in [5, 5.41) is 17.8. The first kappa shape index (κ1) is 8.23. The summed E-state index contributed by atoms with van der Waals surface area (Å²) in [7, 11) is 0. The summed E-state index contributed by atoms with van der Waals surface area (Å²) in [5.41, 5.74) is 0. The van der Waals surface area contributed by atoms with Gasteiger partial charge in [0.2, 0.25) is 0 Å². The van der Waals surface area contributed by atoms with Crippen LogP contribution >= 0.6 is 11.6 Å². The molecule has 0 fully saturated rings. The summed E-state index contributed by atoms with van der Waals surface area (Å²) < 4.78 is 0. The Labute approximate surface area is 56.0 Å². The van der Waals surface area contributed by atoms with Crippen molar-refractivity contribution in [3.05, 3.63) is 0 Å². The number of alkyl halides is 1. The first-order valence-electron chi connectivity index (χ1n) is 2.09. The summed E-state index contributed by atoms with van der Waals surface area (Å²) in [6.07, 6.45) is -0.718. The third kappa shape index (κ3) is 3.78. The second-order valence-corrected chi connectivity index (χ2v) is 1.89. The van der Waals surface area contributed by atoms with Crippen LogP contribution in [0.2, 0.25) is 0 Å². The molecule has 9 heavy (non-hydrogen) atoms. The van der Waals surface area contributed by atoms with Gasteiger partial charge < -0.3 is 19.8 Å². The lowest BCUT2D eigenvalue weighted by Crippen LogP contribution is -2.36. The molecule has 0 aliphatic carbocycles. The molecule has 5 heteroatoms. The molecule has 0 rings (SSSR count). The number of carboxylic acid groups (broad SMARTS) is 2. The Morgan fingerprint density at radius 1 is 1.44 bits per heavy atom. The zero-order chi connectivity index (χ0) is 7.44. The maximum Gasteiger partial charge on any atom is 0.0782 e. The van der Waals surface area contributed by atoms with Crippen molar-refractivity contribution in [1.29, 1.82) is 0 Å². The van der Waals surface area contributed by atoms with Crippen molar-refractivity contribution in [2.24, 2.45) is 0 Å². The van der Waals surface area contributed by atoms with Gasteiger partial charge >= 0.3 is 0 Å². The van der Waals surface area contributed by atoms with Crippen LogP contribution in [0.3, 0.4) is 0 Å². The minimum Gasteiger partial charge on any atom is -0.550 e. The highest BCUT2D eigenvalue weighted by molar-refractivity contribution is 6.30. The largest absolute Gasteiger partial charge is 0.550 e. The number of hydrogen-bond donors (Lipinski definition) is 0. The normalized spacial score (nSPS) is 12.6. The summed E-state index contributed by atoms with van der Waals surface area (Å²) in [6, 6.07) is 0. The van der Waals surface area contributed by atoms with E-state index in [1.54, 1.807) is 0 Å². The predicted molar refractivity (Wildman–Crippen MR) is 24.3 cm³/mol. The van der Waals surface area contributed by atoms with Crippen molar-refractivity contribution in [3.8, 4) is 0 Å². The van der Waals surface area contributed by atoms with Crippen LogP contribution in [0.25, 0.3) is 0 Å². The zero-order valence-electron chi connectivity index (χ0n) is 4.30. The molecule has 0 aromatic carbocycles. The Morgan fingerprint density at radius 2 is 1.89 bits per heavy atom. The molecular formula is C4H3ClO4-2. The van der Waals surface area contributed by atoms with Gasteiger partial charge in [-0.1, -0.05) is 0 Å². The van der Waals surface area contributed by atoms with Crippen molar-refractivity contribution >= 4 is 23.5 Å². The van der Waals surface area contributed by atoms with Gasteiger partial charge in [-0.3, -0.25) is 0 Å². The van der Waals surface area contributed by atoms with Crippen LogP contribution in [-0.2, 0) is 9.59 Å². The standard InChI is InChI=1S/C4H5ClO4/c5-2(4(8)9)1-3(6)7/h2H,1H2,(H,6,7)(H,8,9)/p-2/t2-/m0/s1. The van der Waals surface area contributed by atoms with Gasteiger partial charge in [0.25, 0.3) is 0 Å². The highest BCUT2D eigenvalue weighted by Crippen LogP contribution is 1.97. The summed E-state index contributed by atoms with van der Waals surface area (Å²) in [6.45, 7) is 0. The molecule has 0 spiro atoms. The van der Waals surface area contributed by atoms with E-state index < -0.39 is 23.7 Å². The van der Waals surface area contributed by atoms with Crippen molar-refractivity contribution in [2.45, 2.75) is 11.8 Å². The predicted octanol–water partition coefficient (Wildman–Crippen LogP) is -2.52. The van der Waals surface area contributed by atoms with Gasteiger partial charge in [0, 0.05) is 12.4 Å². The van der Waals surface area contributed by atoms with Crippen LogP contribution in [0.15, 0.2) is 0 Å². The number of carboxylic acids is 2. The van der Waals surface area contributed by atoms with E-state index in [0.29, 0.717) is 0 Å². The van der Waals surface area contributed by atoms with E-state index >= 15 is 0 Å². The lowest BCUT2D eigenvalue weighted by atomic mass is 10.3. The molecule has 1 atom stereocenters. The molecule has 0 heterocycles. The Balaban J connectivity index is 3.63. The molecule has 0 radical (unpaired) electrons. The van der Waals surface area contributed by atoms with E-state index in [1.165, 1.54) is 0 Å². The number of carbonyl (C=O) groups is 2. The third-order valence-electron chi connectivity index (χ3n) is 0.602. The molecule has 0 aromatic heterocycles. The van der Waals surface area contributed by atoms with Crippen LogP contribution < -0.4 is 10.2 Å². The van der Waals surface area contributed by atoms with Crippen molar-refractivity contribution in [3.63, 3.8) is 0 Å². The molecule has 0 saturated heterocycles. The van der Waals surface area contributed by atoms with Gasteiger partial charge in [-0.25, -0.2) is 0 Å². The maximum absolute atomic E-state index is 9.70. The molecule has 0 saturated carbocycles. The van der Waals surface area contributed by atoms with E-state index in [2.05, 4.69) is 0 Å². The zero-order valence-corrected chi connectivity index (χ0v) is 5.05. The molecule has 0 bridgehead atoms. The van der Waals surface area contributed by atoms with E-state index in [4.69, 9.17) is 11.6 Å². The Kier molecular flexibility index (Phi) is 3.01. The molecule has 0 aromatic rings. The lowest BCUT2D eigenvalue weighted by molar-refractivity contribution is -0.314. The Morgan fingerprint density at radius 3 is 2.00 bits per heavy atom. The monoisotopic (exact) mass is 150 g/mol. The van der Waals surface area contributed by atoms with E-state index in [-0.39, 0.29) is 0 Å². The van der Waals surface area contributed by atoms with Crippen molar-refractivity contribution in [1.82, 2.24) is 0 Å². The SMILES string of the molecule is O=C([O-])C[C@H](Cl)C(=O)[O-]. The smallest absolute Gasteiger partial charge is 0.0782 e. The quantitative estimate of drug-likeness (QED) is 0.416. The maximum atomic E-state index is 9.70. The molecular weight excluding hydrogens is 147 g/mol. The van der Waals surface area contributed by atoms with Crippen molar-refractivity contribution < 1.29 is 19.8 Å². The fraction of sp³-hybridized carbons (Fsp3) is 0.500. The van der Waals surface area contributed by atoms with E-state index in [9.17, 15) is 19.8 Å². The Hall–Kier alpha value is -0.770. The average Bonchev–Trinajstić information content (AvgIpc) is 1.63. The molecule has 0 N–H and O–H groups in total. The Bertz CT molecular complexity index is 133. The van der Waals surface area contributed by atoms with Gasteiger partial charge in [-0.15, -0.1) is 11.6 Å². The minimum atomic E-state index is -1.60. The highest BCUT2D eigenvalue weighted by Gasteiger charge is 2.03. The van der Waals surface area contributed by atoms with Gasteiger partial charge in [0.05, 0.1) is 11.3 Å². The van der Waals surface area contributed by atoms with Gasteiger partial charge in [-0.2, -0.15) is 0 Å². The number of rotatable bonds is 3. The molecule has 0 unspecified atom stereocenters. The minimum absolute atomic E-state index is 0.718. The summed E-state index contributed by atoms with van der Waals surface area (Å²) in [5.74, 6) is -3.10. The van der Waals surface area contributed by atoms with Crippen LogP contribution in [0.1, 0.15) is 6.42 Å². The average molecular weight is 151 g/mol. The number of hydrogen-bond acceptors (Lipinski definition) is 4. The number of carbonyl (C=O) groups excluding carboxylic acids is 2. The molecule has 52 valence electrons. The van der Waals surface area contributed by atoms with Crippen LogP contribution in [-0.4, -0.2) is 17.3 Å². The third-order valence-corrected chi connectivity index (χ3v) is 0.934. The highest BCUT2D eigenvalue weighted by atomic mass is 35.5.